The van der Waals surface area contributed by atoms with Gasteiger partial charge in [-0.1, -0.05) is 87.4 Å². The molecule has 3 atom stereocenters. The average molecular weight is 557 g/mol. The molecule has 0 spiro atoms. The zero-order chi connectivity index (χ0) is 28.3. The Morgan fingerprint density at radius 2 is 1.56 bits per heavy atom. The zero-order valence-corrected chi connectivity index (χ0v) is 24.5. The summed E-state index contributed by atoms with van der Waals surface area (Å²) < 4.78 is 0. The predicted octanol–water partition coefficient (Wildman–Crippen LogP) is 4.26. The lowest BCUT2D eigenvalue weighted by molar-refractivity contribution is -0.156. The number of fused-ring (bicyclic) bond motifs is 3. The first-order chi connectivity index (χ1) is 20.0. The van der Waals surface area contributed by atoms with Gasteiger partial charge in [-0.05, 0) is 29.9 Å². The highest BCUT2D eigenvalue weighted by Gasteiger charge is 2.50. The Bertz CT molecular complexity index is 1190. The third-order valence-corrected chi connectivity index (χ3v) is 9.24. The van der Waals surface area contributed by atoms with E-state index in [1.165, 1.54) is 11.1 Å². The van der Waals surface area contributed by atoms with Gasteiger partial charge in [0, 0.05) is 51.6 Å². The van der Waals surface area contributed by atoms with Crippen molar-refractivity contribution in [2.24, 2.45) is 16.9 Å². The summed E-state index contributed by atoms with van der Waals surface area (Å²) >= 11 is 0. The Morgan fingerprint density at radius 1 is 0.927 bits per heavy atom. The van der Waals surface area contributed by atoms with E-state index in [9.17, 15) is 9.59 Å². The first-order valence-electron chi connectivity index (χ1n) is 15.5. The first-order valence-corrected chi connectivity index (χ1v) is 15.5. The van der Waals surface area contributed by atoms with Crippen molar-refractivity contribution in [1.82, 2.24) is 25.0 Å². The third kappa shape index (κ3) is 5.71. The minimum atomic E-state index is -0.217. The molecule has 2 aromatic carbocycles. The van der Waals surface area contributed by atoms with Crippen molar-refractivity contribution in [2.45, 2.75) is 70.7 Å². The minimum Gasteiger partial charge on any atom is -0.340 e. The van der Waals surface area contributed by atoms with Crippen LogP contribution in [0.25, 0.3) is 0 Å². The molecule has 0 bridgehead atoms. The SMILES string of the molecule is CC(C)CN1C(=O)C2CCCCC2N2C(CCC(=O)N3CCN(C(c4ccccc4)c4ccccc4)CC3)=NNC12. The highest BCUT2D eigenvalue weighted by molar-refractivity contribution is 5.91. The summed E-state index contributed by atoms with van der Waals surface area (Å²) in [5.41, 5.74) is 5.84. The van der Waals surface area contributed by atoms with Crippen LogP contribution in [0.1, 0.15) is 69.5 Å². The summed E-state index contributed by atoms with van der Waals surface area (Å²) in [4.78, 5) is 35.7. The number of piperazine rings is 1. The standard InChI is InChI=1S/C33H44N6O2/c1-24(2)23-38-32(41)27-15-9-10-16-28(27)39-29(34-35-33(38)39)17-18-30(40)36-19-21-37(22-20-36)31(25-11-5-3-6-12-25)26-13-7-4-8-14-26/h3-8,11-14,24,27-28,31,33,35H,9-10,15-23H2,1-2H3. The Labute approximate surface area is 244 Å². The Morgan fingerprint density at radius 3 is 2.20 bits per heavy atom. The molecule has 1 aliphatic carbocycles. The summed E-state index contributed by atoms with van der Waals surface area (Å²) in [6.07, 6.45) is 5.05. The van der Waals surface area contributed by atoms with Gasteiger partial charge in [0.15, 0.2) is 6.29 Å². The van der Waals surface area contributed by atoms with Crippen LogP contribution in [-0.2, 0) is 9.59 Å². The smallest absolute Gasteiger partial charge is 0.230 e. The number of nitrogens with zero attached hydrogens (tertiary/aromatic N) is 5. The van der Waals surface area contributed by atoms with Crippen LogP contribution in [0.2, 0.25) is 0 Å². The van der Waals surface area contributed by atoms with Gasteiger partial charge in [0.05, 0.1) is 12.0 Å². The molecule has 3 aliphatic heterocycles. The van der Waals surface area contributed by atoms with Crippen molar-refractivity contribution in [3.63, 3.8) is 0 Å². The van der Waals surface area contributed by atoms with Crippen molar-refractivity contribution in [3.05, 3.63) is 71.8 Å². The summed E-state index contributed by atoms with van der Waals surface area (Å²) in [5, 5.41) is 4.70. The van der Waals surface area contributed by atoms with E-state index in [4.69, 9.17) is 5.10 Å². The van der Waals surface area contributed by atoms with Gasteiger partial charge < -0.3 is 14.7 Å². The van der Waals surface area contributed by atoms with Crippen LogP contribution in [0.3, 0.4) is 0 Å². The number of amidine groups is 1. The van der Waals surface area contributed by atoms with Gasteiger partial charge >= 0.3 is 0 Å². The van der Waals surface area contributed by atoms with E-state index in [1.807, 2.05) is 9.80 Å². The van der Waals surface area contributed by atoms with Gasteiger partial charge in [0.1, 0.15) is 5.84 Å². The Hall–Kier alpha value is -3.39. The number of hydrazone groups is 1. The molecule has 3 heterocycles. The highest BCUT2D eigenvalue weighted by atomic mass is 16.2. The lowest BCUT2D eigenvalue weighted by atomic mass is 9.80. The van der Waals surface area contributed by atoms with E-state index < -0.39 is 0 Å². The van der Waals surface area contributed by atoms with Crippen LogP contribution in [0.4, 0.5) is 0 Å². The molecular weight excluding hydrogens is 512 g/mol. The van der Waals surface area contributed by atoms with E-state index in [0.29, 0.717) is 18.8 Å². The van der Waals surface area contributed by atoms with E-state index in [2.05, 4.69) is 89.7 Å². The third-order valence-electron chi connectivity index (χ3n) is 9.24. The minimum absolute atomic E-state index is 0.0369. The molecular formula is C33H44N6O2. The monoisotopic (exact) mass is 556 g/mol. The fourth-order valence-electron chi connectivity index (χ4n) is 7.31. The number of carbonyl (C=O) groups is 2. The molecule has 2 saturated heterocycles. The fourth-order valence-corrected chi connectivity index (χ4v) is 7.31. The van der Waals surface area contributed by atoms with Crippen molar-refractivity contribution < 1.29 is 9.59 Å². The molecule has 3 fully saturated rings. The van der Waals surface area contributed by atoms with Gasteiger partial charge in [-0.2, -0.15) is 5.10 Å². The van der Waals surface area contributed by atoms with Gasteiger partial charge in [0.25, 0.3) is 0 Å². The Kier molecular flexibility index (Phi) is 8.28. The lowest BCUT2D eigenvalue weighted by Gasteiger charge is -2.51. The number of benzene rings is 2. The van der Waals surface area contributed by atoms with Crippen molar-refractivity contribution in [1.29, 1.82) is 0 Å². The molecule has 2 aromatic rings. The van der Waals surface area contributed by atoms with Crippen molar-refractivity contribution in [2.75, 3.05) is 32.7 Å². The number of hydrogen-bond donors (Lipinski definition) is 1. The maximum atomic E-state index is 13.4. The van der Waals surface area contributed by atoms with E-state index >= 15 is 0 Å². The molecule has 1 saturated carbocycles. The predicted molar refractivity (Wildman–Crippen MR) is 161 cm³/mol. The molecule has 6 rings (SSSR count). The molecule has 8 nitrogen and oxygen atoms in total. The van der Waals surface area contributed by atoms with Gasteiger partial charge in [-0.25, -0.2) is 0 Å². The Balaban J connectivity index is 1.08. The van der Waals surface area contributed by atoms with Crippen LogP contribution in [0, 0.1) is 11.8 Å². The first kappa shape index (κ1) is 27.8. The topological polar surface area (TPSA) is 71.5 Å². The number of amides is 2. The normalized spacial score (nSPS) is 24.8. The summed E-state index contributed by atoms with van der Waals surface area (Å²) in [6.45, 7) is 8.17. The summed E-state index contributed by atoms with van der Waals surface area (Å²) in [7, 11) is 0. The second kappa shape index (κ2) is 12.2. The molecule has 2 amide bonds. The fraction of sp³-hybridized carbons (Fsp3) is 0.545. The van der Waals surface area contributed by atoms with Crippen molar-refractivity contribution in [3.8, 4) is 0 Å². The zero-order valence-electron chi connectivity index (χ0n) is 24.5. The second-order valence-electron chi connectivity index (χ2n) is 12.4. The van der Waals surface area contributed by atoms with Crippen LogP contribution in [-0.4, -0.2) is 82.3 Å². The largest absolute Gasteiger partial charge is 0.340 e. The molecule has 3 unspecified atom stereocenters. The molecule has 41 heavy (non-hydrogen) atoms. The maximum Gasteiger partial charge on any atom is 0.230 e. The van der Waals surface area contributed by atoms with Crippen LogP contribution >= 0.6 is 0 Å². The van der Waals surface area contributed by atoms with Crippen LogP contribution < -0.4 is 5.43 Å². The summed E-state index contributed by atoms with van der Waals surface area (Å²) in [6, 6.07) is 21.7. The van der Waals surface area contributed by atoms with E-state index in [-0.39, 0.29) is 36.1 Å². The number of nitrogens with one attached hydrogen (secondary N) is 1. The van der Waals surface area contributed by atoms with Crippen LogP contribution in [0.15, 0.2) is 65.8 Å². The maximum absolute atomic E-state index is 13.4. The quantitative estimate of drug-likeness (QED) is 0.526. The van der Waals surface area contributed by atoms with Crippen molar-refractivity contribution >= 4 is 17.6 Å². The molecule has 0 aromatic heterocycles. The molecule has 8 heteroatoms. The number of carbonyl (C=O) groups excluding carboxylic acids is 2. The van der Waals surface area contributed by atoms with Gasteiger partial charge in [0.2, 0.25) is 11.8 Å². The molecule has 218 valence electrons. The average Bonchev–Trinajstić information content (AvgIpc) is 3.43. The van der Waals surface area contributed by atoms with Gasteiger partial charge in [-0.3, -0.25) is 19.9 Å². The molecule has 1 N–H and O–H groups in total. The summed E-state index contributed by atoms with van der Waals surface area (Å²) in [5.74, 6) is 1.82. The lowest BCUT2D eigenvalue weighted by Crippen LogP contribution is -2.67. The highest BCUT2D eigenvalue weighted by Crippen LogP contribution is 2.38. The van der Waals surface area contributed by atoms with E-state index in [1.54, 1.807) is 0 Å². The van der Waals surface area contributed by atoms with Crippen LogP contribution in [0.5, 0.6) is 0 Å². The second-order valence-corrected chi connectivity index (χ2v) is 12.4. The van der Waals surface area contributed by atoms with E-state index in [0.717, 1.165) is 64.2 Å². The molecule has 4 aliphatic rings. The van der Waals surface area contributed by atoms with Gasteiger partial charge in [-0.15, -0.1) is 0 Å². The number of hydrogen-bond acceptors (Lipinski definition) is 6. The molecule has 0 radical (unpaired) electrons. The number of rotatable bonds is 8.